The summed E-state index contributed by atoms with van der Waals surface area (Å²) in [6, 6.07) is 0.340. The number of carbonyl (C=O) groups is 2. The van der Waals surface area contributed by atoms with Crippen LogP contribution in [0.3, 0.4) is 0 Å². The van der Waals surface area contributed by atoms with E-state index in [9.17, 15) is 9.59 Å². The largest absolute Gasteiger partial charge is 0.312 e. The number of hydrogen-bond acceptors (Lipinski definition) is 3. The predicted molar refractivity (Wildman–Crippen MR) is 58.6 cm³/mol. The summed E-state index contributed by atoms with van der Waals surface area (Å²) in [4.78, 5) is 25.7. The lowest BCUT2D eigenvalue weighted by Crippen LogP contribution is -2.41. The first kappa shape index (κ1) is 10.3. The van der Waals surface area contributed by atoms with Gasteiger partial charge < -0.3 is 5.32 Å². The van der Waals surface area contributed by atoms with Gasteiger partial charge in [-0.1, -0.05) is 6.42 Å². The lowest BCUT2D eigenvalue weighted by molar-refractivity contribution is -0.140. The van der Waals surface area contributed by atoms with E-state index in [0.29, 0.717) is 12.6 Å². The minimum absolute atomic E-state index is 0.0221. The predicted octanol–water partition coefficient (Wildman–Crippen LogP) is 0.523. The zero-order chi connectivity index (χ0) is 11.1. The van der Waals surface area contributed by atoms with Crippen LogP contribution in [-0.4, -0.2) is 35.8 Å². The van der Waals surface area contributed by atoms with Gasteiger partial charge in [0.2, 0.25) is 11.8 Å². The van der Waals surface area contributed by atoms with Crippen molar-refractivity contribution in [3.8, 4) is 0 Å². The Hall–Kier alpha value is -0.900. The summed E-state index contributed by atoms with van der Waals surface area (Å²) in [5, 5.41) is 3.34. The van der Waals surface area contributed by atoms with Gasteiger partial charge in [0.25, 0.3) is 0 Å². The van der Waals surface area contributed by atoms with Gasteiger partial charge in [-0.3, -0.25) is 14.5 Å². The third-order valence-corrected chi connectivity index (χ3v) is 4.25. The smallest absolute Gasteiger partial charge is 0.233 e. The van der Waals surface area contributed by atoms with Gasteiger partial charge in [0, 0.05) is 12.6 Å². The van der Waals surface area contributed by atoms with E-state index < -0.39 is 0 Å². The first-order valence-corrected chi connectivity index (χ1v) is 6.36. The van der Waals surface area contributed by atoms with Crippen LogP contribution >= 0.6 is 0 Å². The molecule has 2 heterocycles. The number of rotatable bonds is 2. The Morgan fingerprint density at radius 2 is 1.75 bits per heavy atom. The highest BCUT2D eigenvalue weighted by Gasteiger charge is 2.49. The third-order valence-electron chi connectivity index (χ3n) is 4.25. The summed E-state index contributed by atoms with van der Waals surface area (Å²) in [5.41, 5.74) is 0. The van der Waals surface area contributed by atoms with Crippen molar-refractivity contribution in [3.05, 3.63) is 0 Å². The van der Waals surface area contributed by atoms with E-state index in [-0.39, 0.29) is 23.7 Å². The molecule has 3 rings (SSSR count). The second kappa shape index (κ2) is 3.84. The highest BCUT2D eigenvalue weighted by Crippen LogP contribution is 2.39. The monoisotopic (exact) mass is 222 g/mol. The maximum absolute atomic E-state index is 12.1. The lowest BCUT2D eigenvalue weighted by atomic mass is 10.00. The maximum atomic E-state index is 12.1. The SMILES string of the molecule is O=C1C2CCCC2C(=O)N1C[C@H]1CCCN1. The van der Waals surface area contributed by atoms with Crippen molar-refractivity contribution in [2.45, 2.75) is 38.1 Å². The molecule has 0 radical (unpaired) electrons. The highest BCUT2D eigenvalue weighted by atomic mass is 16.2. The van der Waals surface area contributed by atoms with Crippen molar-refractivity contribution in [1.29, 1.82) is 0 Å². The number of fused-ring (bicyclic) bond motifs is 1. The van der Waals surface area contributed by atoms with Crippen LogP contribution in [0.2, 0.25) is 0 Å². The summed E-state index contributed by atoms with van der Waals surface area (Å²) >= 11 is 0. The van der Waals surface area contributed by atoms with E-state index in [0.717, 1.165) is 38.6 Å². The molecule has 1 saturated carbocycles. The zero-order valence-corrected chi connectivity index (χ0v) is 9.45. The Balaban J connectivity index is 1.71. The van der Waals surface area contributed by atoms with Crippen LogP contribution in [-0.2, 0) is 9.59 Å². The molecule has 0 aromatic carbocycles. The molecular formula is C12H18N2O2. The molecule has 16 heavy (non-hydrogen) atoms. The van der Waals surface area contributed by atoms with Crippen molar-refractivity contribution >= 4 is 11.8 Å². The quantitative estimate of drug-likeness (QED) is 0.693. The number of likely N-dealkylation sites (tertiary alicyclic amines) is 1. The molecule has 4 nitrogen and oxygen atoms in total. The minimum atomic E-state index is 0.0221. The van der Waals surface area contributed by atoms with E-state index in [4.69, 9.17) is 0 Å². The number of nitrogens with one attached hydrogen (secondary N) is 1. The molecule has 0 bridgehead atoms. The topological polar surface area (TPSA) is 49.4 Å². The lowest BCUT2D eigenvalue weighted by Gasteiger charge is -2.20. The molecule has 3 atom stereocenters. The molecule has 0 aromatic rings. The Bertz CT molecular complexity index is 301. The fourth-order valence-corrected chi connectivity index (χ4v) is 3.37. The Morgan fingerprint density at radius 1 is 1.06 bits per heavy atom. The van der Waals surface area contributed by atoms with Crippen LogP contribution in [0.4, 0.5) is 0 Å². The average Bonchev–Trinajstić information content (AvgIpc) is 2.97. The van der Waals surface area contributed by atoms with Gasteiger partial charge in [-0.25, -0.2) is 0 Å². The zero-order valence-electron chi connectivity index (χ0n) is 9.45. The molecule has 1 aliphatic carbocycles. The van der Waals surface area contributed by atoms with Gasteiger partial charge in [0.1, 0.15) is 0 Å². The molecule has 1 N–H and O–H groups in total. The molecule has 3 fully saturated rings. The van der Waals surface area contributed by atoms with E-state index in [1.54, 1.807) is 0 Å². The van der Waals surface area contributed by atoms with Crippen LogP contribution in [0, 0.1) is 11.8 Å². The summed E-state index contributed by atoms with van der Waals surface area (Å²) in [5.74, 6) is 0.241. The number of carbonyl (C=O) groups excluding carboxylic acids is 2. The minimum Gasteiger partial charge on any atom is -0.312 e. The van der Waals surface area contributed by atoms with Crippen LogP contribution in [0.1, 0.15) is 32.1 Å². The standard InChI is InChI=1S/C12H18N2O2/c15-11-9-4-1-5-10(9)12(16)14(11)7-8-3-2-6-13-8/h8-10,13H,1-7H2/t8-,9?,10?/m1/s1. The summed E-state index contributed by atoms with van der Waals surface area (Å²) in [6.07, 6.45) is 5.14. The molecule has 3 aliphatic rings. The van der Waals surface area contributed by atoms with Gasteiger partial charge in [0.05, 0.1) is 11.8 Å². The van der Waals surface area contributed by atoms with Crippen LogP contribution in [0.5, 0.6) is 0 Å². The summed E-state index contributed by atoms with van der Waals surface area (Å²) in [6.45, 7) is 1.62. The normalized spacial score (nSPS) is 38.5. The molecule has 2 amide bonds. The Kier molecular flexibility index (Phi) is 2.46. The van der Waals surface area contributed by atoms with Crippen molar-refractivity contribution in [2.24, 2.45) is 11.8 Å². The van der Waals surface area contributed by atoms with Crippen LogP contribution in [0.25, 0.3) is 0 Å². The third kappa shape index (κ3) is 1.47. The second-order valence-electron chi connectivity index (χ2n) is 5.22. The first-order valence-electron chi connectivity index (χ1n) is 6.36. The van der Waals surface area contributed by atoms with E-state index in [1.165, 1.54) is 4.90 Å². The Labute approximate surface area is 95.4 Å². The van der Waals surface area contributed by atoms with Gasteiger partial charge in [-0.05, 0) is 32.2 Å². The number of hydrogen-bond donors (Lipinski definition) is 1. The van der Waals surface area contributed by atoms with Crippen molar-refractivity contribution in [3.63, 3.8) is 0 Å². The van der Waals surface area contributed by atoms with Crippen molar-refractivity contribution in [2.75, 3.05) is 13.1 Å². The van der Waals surface area contributed by atoms with Crippen LogP contribution < -0.4 is 5.32 Å². The van der Waals surface area contributed by atoms with Gasteiger partial charge in [-0.2, -0.15) is 0 Å². The van der Waals surface area contributed by atoms with Crippen LogP contribution in [0.15, 0.2) is 0 Å². The van der Waals surface area contributed by atoms with Gasteiger partial charge >= 0.3 is 0 Å². The second-order valence-corrected chi connectivity index (χ2v) is 5.22. The fraction of sp³-hybridized carbons (Fsp3) is 0.833. The molecule has 2 unspecified atom stereocenters. The Morgan fingerprint density at radius 3 is 2.31 bits per heavy atom. The molecule has 0 aromatic heterocycles. The van der Waals surface area contributed by atoms with Gasteiger partial charge in [0.15, 0.2) is 0 Å². The van der Waals surface area contributed by atoms with E-state index in [1.807, 2.05) is 0 Å². The highest BCUT2D eigenvalue weighted by molar-refractivity contribution is 6.05. The maximum Gasteiger partial charge on any atom is 0.233 e. The number of imide groups is 1. The molecular weight excluding hydrogens is 204 g/mol. The first-order chi connectivity index (χ1) is 7.77. The summed E-state index contributed by atoms with van der Waals surface area (Å²) < 4.78 is 0. The van der Waals surface area contributed by atoms with Crippen molar-refractivity contribution in [1.82, 2.24) is 10.2 Å². The number of amides is 2. The fourth-order valence-electron chi connectivity index (χ4n) is 3.37. The van der Waals surface area contributed by atoms with E-state index in [2.05, 4.69) is 5.32 Å². The number of nitrogens with zero attached hydrogens (tertiary/aromatic N) is 1. The molecule has 2 saturated heterocycles. The molecule has 0 spiro atoms. The molecule has 2 aliphatic heterocycles. The van der Waals surface area contributed by atoms with Gasteiger partial charge in [-0.15, -0.1) is 0 Å². The molecule has 88 valence electrons. The summed E-state index contributed by atoms with van der Waals surface area (Å²) in [7, 11) is 0. The van der Waals surface area contributed by atoms with E-state index >= 15 is 0 Å². The van der Waals surface area contributed by atoms with Crippen molar-refractivity contribution < 1.29 is 9.59 Å². The molecule has 4 heteroatoms. The average molecular weight is 222 g/mol.